The molecule has 5 rings (SSSR count). The maximum Gasteiger partial charge on any atom is 0.407 e. The third kappa shape index (κ3) is 3.73. The summed E-state index contributed by atoms with van der Waals surface area (Å²) in [4.78, 5) is 29.9. The van der Waals surface area contributed by atoms with Crippen LogP contribution in [0.4, 0.5) is 10.7 Å². The summed E-state index contributed by atoms with van der Waals surface area (Å²) in [5, 5.41) is 16.0. The lowest BCUT2D eigenvalue weighted by Crippen LogP contribution is -2.59. The molecule has 1 aliphatic rings. The molecular formula is C24H27N7O2. The minimum Gasteiger partial charge on any atom is -0.465 e. The van der Waals surface area contributed by atoms with Gasteiger partial charge in [-0.15, -0.1) is 0 Å². The molecule has 4 heterocycles. The highest BCUT2D eigenvalue weighted by Gasteiger charge is 2.39. The average Bonchev–Trinajstić information content (AvgIpc) is 3.18. The van der Waals surface area contributed by atoms with Crippen LogP contribution in [0.25, 0.3) is 33.2 Å². The van der Waals surface area contributed by atoms with Gasteiger partial charge in [-0.25, -0.2) is 9.78 Å². The quantitative estimate of drug-likeness (QED) is 0.501. The summed E-state index contributed by atoms with van der Waals surface area (Å²) in [5.74, 6) is 0.577. The van der Waals surface area contributed by atoms with Gasteiger partial charge < -0.3 is 14.9 Å². The monoisotopic (exact) mass is 445 g/mol. The summed E-state index contributed by atoms with van der Waals surface area (Å²) < 4.78 is 1.74. The molecule has 0 spiro atoms. The Kier molecular flexibility index (Phi) is 4.92. The lowest BCUT2D eigenvalue weighted by molar-refractivity contribution is 0.0745. The number of benzene rings is 1. The molecule has 1 unspecified atom stereocenters. The zero-order valence-electron chi connectivity index (χ0n) is 19.2. The van der Waals surface area contributed by atoms with Gasteiger partial charge in [0.2, 0.25) is 5.95 Å². The molecule has 1 amide bonds. The number of amides is 1. The van der Waals surface area contributed by atoms with Crippen molar-refractivity contribution in [2.45, 2.75) is 26.8 Å². The summed E-state index contributed by atoms with van der Waals surface area (Å²) in [7, 11) is 1.86. The first-order valence-electron chi connectivity index (χ1n) is 11.0. The predicted molar refractivity (Wildman–Crippen MR) is 127 cm³/mol. The van der Waals surface area contributed by atoms with Crippen LogP contribution in [0, 0.1) is 5.41 Å². The van der Waals surface area contributed by atoms with E-state index < -0.39 is 6.09 Å². The molecular weight excluding hydrogens is 418 g/mol. The Morgan fingerprint density at radius 1 is 1.12 bits per heavy atom. The Hall–Kier alpha value is -3.75. The van der Waals surface area contributed by atoms with Crippen LogP contribution in [0.2, 0.25) is 0 Å². The number of pyridine rings is 1. The molecule has 3 aromatic heterocycles. The number of hydrogen-bond acceptors (Lipinski definition) is 6. The summed E-state index contributed by atoms with van der Waals surface area (Å²) in [6.07, 6.45) is 2.73. The standard InChI is InChI=1S/C24H27N7O2/c1-24(2,3)19-14-30(9-10-31(19)23(32)33)22-27-20(17-13-26-29(4)21(17)28-22)16-11-15-7-5-6-8-18(15)25-12-16/h5-8,11-13,19H,9-10,14H2,1-4H3,(H,32,33). The van der Waals surface area contributed by atoms with Crippen molar-refractivity contribution < 1.29 is 9.90 Å². The fourth-order valence-corrected chi connectivity index (χ4v) is 4.51. The van der Waals surface area contributed by atoms with Gasteiger partial charge in [0.15, 0.2) is 5.65 Å². The summed E-state index contributed by atoms with van der Waals surface area (Å²) in [6, 6.07) is 9.89. The number of nitrogens with zero attached hydrogens (tertiary/aromatic N) is 7. The molecule has 1 aromatic carbocycles. The minimum absolute atomic E-state index is 0.180. The Morgan fingerprint density at radius 3 is 2.67 bits per heavy atom. The third-order valence-electron chi connectivity index (χ3n) is 6.35. The van der Waals surface area contributed by atoms with Crippen molar-refractivity contribution >= 4 is 34.0 Å². The van der Waals surface area contributed by atoms with E-state index in [0.717, 1.165) is 33.2 Å². The predicted octanol–water partition coefficient (Wildman–Crippen LogP) is 3.79. The number of carboxylic acid groups (broad SMARTS) is 1. The zero-order chi connectivity index (χ0) is 23.3. The first kappa shape index (κ1) is 21.1. The molecule has 1 aliphatic heterocycles. The van der Waals surface area contributed by atoms with Crippen LogP contribution in [0.1, 0.15) is 20.8 Å². The lowest BCUT2D eigenvalue weighted by atomic mass is 9.84. The number of piperazine rings is 1. The summed E-state index contributed by atoms with van der Waals surface area (Å²) >= 11 is 0. The second-order valence-corrected chi connectivity index (χ2v) is 9.60. The molecule has 33 heavy (non-hydrogen) atoms. The van der Waals surface area contributed by atoms with E-state index >= 15 is 0 Å². The molecule has 1 atom stereocenters. The van der Waals surface area contributed by atoms with Gasteiger partial charge in [-0.2, -0.15) is 10.1 Å². The molecule has 0 radical (unpaired) electrons. The highest BCUT2D eigenvalue weighted by atomic mass is 16.4. The van der Waals surface area contributed by atoms with Crippen LogP contribution in [-0.4, -0.2) is 66.5 Å². The van der Waals surface area contributed by atoms with E-state index in [0.29, 0.717) is 25.6 Å². The normalized spacial score (nSPS) is 17.2. The smallest absolute Gasteiger partial charge is 0.407 e. The number of para-hydroxylation sites is 1. The number of anilines is 1. The number of fused-ring (bicyclic) bond motifs is 2. The van der Waals surface area contributed by atoms with E-state index in [1.54, 1.807) is 10.9 Å². The summed E-state index contributed by atoms with van der Waals surface area (Å²) in [5.41, 5.74) is 3.10. The molecule has 1 saturated heterocycles. The molecule has 9 nitrogen and oxygen atoms in total. The highest BCUT2D eigenvalue weighted by Crippen LogP contribution is 2.32. The van der Waals surface area contributed by atoms with Gasteiger partial charge in [0.25, 0.3) is 0 Å². The largest absolute Gasteiger partial charge is 0.465 e. The fourth-order valence-electron chi connectivity index (χ4n) is 4.51. The van der Waals surface area contributed by atoms with Crippen molar-refractivity contribution in [1.29, 1.82) is 0 Å². The number of rotatable bonds is 2. The number of aryl methyl sites for hydroxylation is 1. The van der Waals surface area contributed by atoms with E-state index in [4.69, 9.17) is 9.97 Å². The Labute approximate surface area is 191 Å². The van der Waals surface area contributed by atoms with Crippen molar-refractivity contribution in [3.63, 3.8) is 0 Å². The number of carbonyl (C=O) groups is 1. The molecule has 0 bridgehead atoms. The Bertz CT molecular complexity index is 1360. The van der Waals surface area contributed by atoms with E-state index in [1.807, 2.05) is 37.5 Å². The van der Waals surface area contributed by atoms with Crippen molar-refractivity contribution in [2.24, 2.45) is 12.5 Å². The van der Waals surface area contributed by atoms with Crippen LogP contribution in [-0.2, 0) is 7.05 Å². The Balaban J connectivity index is 1.61. The molecule has 0 aliphatic carbocycles. The Morgan fingerprint density at radius 2 is 1.91 bits per heavy atom. The van der Waals surface area contributed by atoms with Gasteiger partial charge >= 0.3 is 6.09 Å². The molecule has 1 N–H and O–H groups in total. The van der Waals surface area contributed by atoms with E-state index in [2.05, 4.69) is 41.8 Å². The van der Waals surface area contributed by atoms with Gasteiger partial charge in [-0.05, 0) is 17.5 Å². The topological polar surface area (TPSA) is 100 Å². The van der Waals surface area contributed by atoms with Gasteiger partial charge in [0.1, 0.15) is 0 Å². The lowest BCUT2D eigenvalue weighted by Gasteiger charge is -2.45. The van der Waals surface area contributed by atoms with Gasteiger partial charge in [0.05, 0.1) is 28.8 Å². The SMILES string of the molecule is Cn1ncc2c(-c3cnc4ccccc4c3)nc(N3CCN(C(=O)O)C(C(C)(C)C)C3)nc21. The number of hydrogen-bond donors (Lipinski definition) is 1. The van der Waals surface area contributed by atoms with Gasteiger partial charge in [0, 0.05) is 43.8 Å². The third-order valence-corrected chi connectivity index (χ3v) is 6.35. The average molecular weight is 446 g/mol. The molecule has 9 heteroatoms. The first-order valence-corrected chi connectivity index (χ1v) is 11.0. The van der Waals surface area contributed by atoms with Crippen LogP contribution >= 0.6 is 0 Å². The second kappa shape index (κ2) is 7.68. The minimum atomic E-state index is -0.888. The number of aromatic nitrogens is 5. The van der Waals surface area contributed by atoms with E-state index in [9.17, 15) is 9.90 Å². The van der Waals surface area contributed by atoms with Crippen LogP contribution in [0.3, 0.4) is 0 Å². The van der Waals surface area contributed by atoms with Crippen LogP contribution in [0.5, 0.6) is 0 Å². The van der Waals surface area contributed by atoms with Crippen molar-refractivity contribution in [1.82, 2.24) is 29.6 Å². The van der Waals surface area contributed by atoms with Crippen LogP contribution < -0.4 is 4.90 Å². The van der Waals surface area contributed by atoms with E-state index in [1.165, 1.54) is 4.90 Å². The second-order valence-electron chi connectivity index (χ2n) is 9.60. The van der Waals surface area contributed by atoms with Crippen molar-refractivity contribution in [2.75, 3.05) is 24.5 Å². The molecule has 4 aromatic rings. The zero-order valence-corrected chi connectivity index (χ0v) is 19.2. The maximum absolute atomic E-state index is 11.8. The first-order chi connectivity index (χ1) is 15.7. The summed E-state index contributed by atoms with van der Waals surface area (Å²) in [6.45, 7) is 7.64. The maximum atomic E-state index is 11.8. The van der Waals surface area contributed by atoms with Crippen molar-refractivity contribution in [3.8, 4) is 11.3 Å². The molecule has 0 saturated carbocycles. The fraction of sp³-hybridized carbons (Fsp3) is 0.375. The van der Waals surface area contributed by atoms with E-state index in [-0.39, 0.29) is 11.5 Å². The molecule has 1 fully saturated rings. The van der Waals surface area contributed by atoms with Gasteiger partial charge in [-0.3, -0.25) is 9.67 Å². The molecule has 170 valence electrons. The van der Waals surface area contributed by atoms with Gasteiger partial charge in [-0.1, -0.05) is 39.0 Å². The van der Waals surface area contributed by atoms with Crippen LogP contribution in [0.15, 0.2) is 42.7 Å². The van der Waals surface area contributed by atoms with Crippen molar-refractivity contribution in [3.05, 3.63) is 42.7 Å². The highest BCUT2D eigenvalue weighted by molar-refractivity contribution is 5.93.